The first-order valence-electron chi connectivity index (χ1n) is 8.04. The average molecular weight is 350 g/mol. The van der Waals surface area contributed by atoms with Crippen LogP contribution in [0.3, 0.4) is 0 Å². The molecule has 0 fully saturated rings. The fourth-order valence-corrected chi connectivity index (χ4v) is 3.24. The first-order valence-corrected chi connectivity index (χ1v) is 11.0. The van der Waals surface area contributed by atoms with Crippen LogP contribution in [0.4, 0.5) is 0 Å². The summed E-state index contributed by atoms with van der Waals surface area (Å²) in [7, 11) is -0.178. The highest BCUT2D eigenvalue weighted by Gasteiger charge is 2.37. The number of hydrogen-bond donors (Lipinski definition) is 1. The highest BCUT2D eigenvalue weighted by molar-refractivity contribution is 6.74. The molecule has 0 spiro atoms. The van der Waals surface area contributed by atoms with Crippen molar-refractivity contribution >= 4 is 25.2 Å². The van der Waals surface area contributed by atoms with Crippen molar-refractivity contribution in [1.82, 2.24) is 0 Å². The molecular formula is C18H27NO4Si. The van der Waals surface area contributed by atoms with Crippen molar-refractivity contribution in [2.24, 2.45) is 5.73 Å². The van der Waals surface area contributed by atoms with Gasteiger partial charge in [-0.25, -0.2) is 0 Å². The minimum Gasteiger partial charge on any atom is -0.463 e. The predicted molar refractivity (Wildman–Crippen MR) is 97.6 cm³/mol. The zero-order chi connectivity index (χ0) is 18.1. The number of carbonyl (C=O) groups excluding carboxylic acids is 1. The van der Waals surface area contributed by atoms with Gasteiger partial charge in [0.05, 0.1) is 12.2 Å². The molecule has 0 bridgehead atoms. The van der Waals surface area contributed by atoms with Crippen LogP contribution in [0.2, 0.25) is 18.1 Å². The van der Waals surface area contributed by atoms with E-state index in [1.165, 1.54) is 6.26 Å². The molecule has 1 aromatic heterocycles. The lowest BCUT2D eigenvalue weighted by Gasteiger charge is -2.37. The monoisotopic (exact) mass is 349 g/mol. The van der Waals surface area contributed by atoms with E-state index in [1.807, 2.05) is 18.2 Å². The van der Waals surface area contributed by atoms with Crippen LogP contribution in [0.25, 0.3) is 11.0 Å². The number of fused-ring (bicyclic) bond motifs is 1. The molecule has 1 heterocycles. The van der Waals surface area contributed by atoms with Crippen LogP contribution in [0.15, 0.2) is 28.9 Å². The molecule has 2 rings (SSSR count). The Morgan fingerprint density at radius 2 is 2.00 bits per heavy atom. The molecule has 1 unspecified atom stereocenters. The minimum absolute atomic E-state index is 0.145. The summed E-state index contributed by atoms with van der Waals surface area (Å²) in [6, 6.07) is 5.64. The SMILES string of the molecule is COC(CO[Si](C)(C)C(C)(C)C)c1ccc2c(C(N)=O)coc2c1. The van der Waals surface area contributed by atoms with E-state index in [9.17, 15) is 4.79 Å². The van der Waals surface area contributed by atoms with Crippen molar-refractivity contribution in [3.8, 4) is 0 Å². The van der Waals surface area contributed by atoms with Crippen molar-refractivity contribution in [2.45, 2.75) is 45.0 Å². The number of furan rings is 1. The number of ether oxygens (including phenoxy) is 1. The number of nitrogens with two attached hydrogens (primary N) is 1. The number of carbonyl (C=O) groups is 1. The van der Waals surface area contributed by atoms with Gasteiger partial charge in [-0.15, -0.1) is 0 Å². The van der Waals surface area contributed by atoms with Gasteiger partial charge in [0.15, 0.2) is 8.32 Å². The number of rotatable bonds is 6. The lowest BCUT2D eigenvalue weighted by Crippen LogP contribution is -2.41. The smallest absolute Gasteiger partial charge is 0.252 e. The quantitative estimate of drug-likeness (QED) is 0.792. The first kappa shape index (κ1) is 18.7. The fourth-order valence-electron chi connectivity index (χ4n) is 2.24. The largest absolute Gasteiger partial charge is 0.463 e. The zero-order valence-corrected chi connectivity index (χ0v) is 16.3. The second-order valence-electron chi connectivity index (χ2n) is 7.56. The van der Waals surface area contributed by atoms with Gasteiger partial charge in [0.2, 0.25) is 0 Å². The van der Waals surface area contributed by atoms with E-state index < -0.39 is 14.2 Å². The maximum absolute atomic E-state index is 11.4. The molecule has 0 aliphatic heterocycles. The normalized spacial score (nSPS) is 14.1. The molecule has 0 saturated heterocycles. The van der Waals surface area contributed by atoms with Crippen molar-refractivity contribution in [3.05, 3.63) is 35.6 Å². The zero-order valence-electron chi connectivity index (χ0n) is 15.3. The Morgan fingerprint density at radius 3 is 2.54 bits per heavy atom. The second kappa shape index (κ2) is 6.70. The summed E-state index contributed by atoms with van der Waals surface area (Å²) < 4.78 is 17.3. The minimum atomic E-state index is -1.85. The van der Waals surface area contributed by atoms with Gasteiger partial charge < -0.3 is 19.3 Å². The summed E-state index contributed by atoms with van der Waals surface area (Å²) in [4.78, 5) is 11.4. The number of primary amides is 1. The molecule has 24 heavy (non-hydrogen) atoms. The van der Waals surface area contributed by atoms with Gasteiger partial charge in [-0.3, -0.25) is 4.79 Å². The van der Waals surface area contributed by atoms with Gasteiger partial charge >= 0.3 is 0 Å². The summed E-state index contributed by atoms with van der Waals surface area (Å²) in [5.41, 5.74) is 7.31. The highest BCUT2D eigenvalue weighted by atomic mass is 28.4. The molecule has 1 aromatic carbocycles. The predicted octanol–water partition coefficient (Wildman–Crippen LogP) is 4.24. The third-order valence-electron chi connectivity index (χ3n) is 4.92. The number of methoxy groups -OCH3 is 1. The van der Waals surface area contributed by atoms with Crippen molar-refractivity contribution in [2.75, 3.05) is 13.7 Å². The molecular weight excluding hydrogens is 322 g/mol. The van der Waals surface area contributed by atoms with Gasteiger partial charge in [-0.1, -0.05) is 26.8 Å². The van der Waals surface area contributed by atoms with E-state index in [0.29, 0.717) is 23.1 Å². The van der Waals surface area contributed by atoms with Gasteiger partial charge in [0.25, 0.3) is 5.91 Å². The van der Waals surface area contributed by atoms with E-state index in [-0.39, 0.29) is 11.1 Å². The fraction of sp³-hybridized carbons (Fsp3) is 0.500. The molecule has 0 aliphatic carbocycles. The van der Waals surface area contributed by atoms with Crippen LogP contribution in [0, 0.1) is 0 Å². The lowest BCUT2D eigenvalue weighted by atomic mass is 10.1. The van der Waals surface area contributed by atoms with Gasteiger partial charge in [0.1, 0.15) is 18.0 Å². The molecule has 1 amide bonds. The second-order valence-corrected chi connectivity index (χ2v) is 12.4. The van der Waals surface area contributed by atoms with E-state index in [0.717, 1.165) is 5.56 Å². The average Bonchev–Trinajstić information content (AvgIpc) is 2.90. The summed E-state index contributed by atoms with van der Waals surface area (Å²) in [5.74, 6) is -0.494. The maximum atomic E-state index is 11.4. The van der Waals surface area contributed by atoms with Crippen LogP contribution >= 0.6 is 0 Å². The van der Waals surface area contributed by atoms with Gasteiger partial charge in [-0.05, 0) is 35.8 Å². The van der Waals surface area contributed by atoms with Crippen molar-refractivity contribution in [1.29, 1.82) is 0 Å². The Hall–Kier alpha value is -1.63. The van der Waals surface area contributed by atoms with E-state index in [2.05, 4.69) is 33.9 Å². The van der Waals surface area contributed by atoms with Crippen molar-refractivity contribution in [3.63, 3.8) is 0 Å². The van der Waals surface area contributed by atoms with Gasteiger partial charge in [0, 0.05) is 12.5 Å². The van der Waals surface area contributed by atoms with E-state index >= 15 is 0 Å². The Morgan fingerprint density at radius 1 is 1.33 bits per heavy atom. The molecule has 0 aliphatic rings. The molecule has 5 nitrogen and oxygen atoms in total. The molecule has 6 heteroatoms. The van der Waals surface area contributed by atoms with Crippen LogP contribution in [-0.4, -0.2) is 27.9 Å². The van der Waals surface area contributed by atoms with E-state index in [1.54, 1.807) is 7.11 Å². The number of hydrogen-bond acceptors (Lipinski definition) is 4. The summed E-state index contributed by atoms with van der Waals surface area (Å²) in [6.45, 7) is 11.6. The molecule has 2 aromatic rings. The summed E-state index contributed by atoms with van der Waals surface area (Å²) in [6.07, 6.45) is 1.20. The van der Waals surface area contributed by atoms with Crippen LogP contribution < -0.4 is 5.73 Å². The maximum Gasteiger partial charge on any atom is 0.252 e. The molecule has 132 valence electrons. The standard InChI is InChI=1S/C18H27NO4Si/c1-18(2,3)24(5,6)23-11-16(21-4)12-7-8-13-14(17(19)20)10-22-15(13)9-12/h7-10,16H,11H2,1-6H3,(H2,19,20). The summed E-state index contributed by atoms with van der Waals surface area (Å²) in [5, 5.41) is 0.860. The third-order valence-corrected chi connectivity index (χ3v) is 9.42. The molecule has 0 radical (unpaired) electrons. The Balaban J connectivity index is 2.22. The Labute approximate surface area is 144 Å². The number of benzene rings is 1. The van der Waals surface area contributed by atoms with Crippen LogP contribution in [-0.2, 0) is 9.16 Å². The third kappa shape index (κ3) is 3.71. The first-order chi connectivity index (χ1) is 11.1. The van der Waals surface area contributed by atoms with Crippen molar-refractivity contribution < 1.29 is 18.4 Å². The topological polar surface area (TPSA) is 74.7 Å². The Kier molecular flexibility index (Phi) is 5.22. The molecule has 0 saturated carbocycles. The van der Waals surface area contributed by atoms with Crippen LogP contribution in [0.1, 0.15) is 42.8 Å². The lowest BCUT2D eigenvalue weighted by molar-refractivity contribution is 0.0525. The van der Waals surface area contributed by atoms with Gasteiger partial charge in [-0.2, -0.15) is 0 Å². The van der Waals surface area contributed by atoms with Crippen LogP contribution in [0.5, 0.6) is 0 Å². The number of amides is 1. The highest BCUT2D eigenvalue weighted by Crippen LogP contribution is 2.37. The van der Waals surface area contributed by atoms with E-state index in [4.69, 9.17) is 19.3 Å². The summed E-state index contributed by atoms with van der Waals surface area (Å²) >= 11 is 0. The Bertz CT molecular complexity index is 730. The molecule has 2 N–H and O–H groups in total. The molecule has 1 atom stereocenters.